The maximum Gasteiger partial charge on any atom is 0.433 e. The van der Waals surface area contributed by atoms with Crippen molar-refractivity contribution in [3.05, 3.63) is 47.4 Å². The largest absolute Gasteiger partial charge is 0.471 e. The highest BCUT2D eigenvalue weighted by molar-refractivity contribution is 7.91. The van der Waals surface area contributed by atoms with Gasteiger partial charge in [-0.2, -0.15) is 18.3 Å². The van der Waals surface area contributed by atoms with Crippen molar-refractivity contribution >= 4 is 26.9 Å². The molecule has 2 N–H and O–H groups in total. The summed E-state index contributed by atoms with van der Waals surface area (Å²) in [5.41, 5.74) is 2.06. The van der Waals surface area contributed by atoms with Crippen LogP contribution in [0.5, 0.6) is 5.88 Å². The number of halogens is 3. The van der Waals surface area contributed by atoms with Crippen molar-refractivity contribution in [1.82, 2.24) is 14.9 Å². The van der Waals surface area contributed by atoms with Gasteiger partial charge in [0.05, 0.1) is 29.1 Å². The van der Waals surface area contributed by atoms with E-state index < -0.39 is 21.7 Å². The zero-order valence-corrected chi connectivity index (χ0v) is 20.5. The van der Waals surface area contributed by atoms with Gasteiger partial charge in [-0.05, 0) is 48.9 Å². The molecule has 2 aliphatic rings. The van der Waals surface area contributed by atoms with Crippen molar-refractivity contribution in [2.45, 2.75) is 32.5 Å². The number of hydrogen-bond donors (Lipinski definition) is 1. The Kier molecular flexibility index (Phi) is 7.59. The molecule has 0 aliphatic carbocycles. The predicted octanol–water partition coefficient (Wildman–Crippen LogP) is 2.77. The van der Waals surface area contributed by atoms with Crippen molar-refractivity contribution in [1.29, 1.82) is 0 Å². The van der Waals surface area contributed by atoms with Crippen molar-refractivity contribution in [2.24, 2.45) is 21.9 Å². The van der Waals surface area contributed by atoms with E-state index in [-0.39, 0.29) is 29.7 Å². The Morgan fingerprint density at radius 3 is 2.69 bits per heavy atom. The van der Waals surface area contributed by atoms with Gasteiger partial charge >= 0.3 is 6.18 Å². The number of fused-ring (bicyclic) bond motifs is 1. The molecule has 36 heavy (non-hydrogen) atoms. The Labute approximate surface area is 207 Å². The van der Waals surface area contributed by atoms with Crippen LogP contribution in [-0.4, -0.2) is 65.9 Å². The van der Waals surface area contributed by atoms with E-state index in [1.54, 1.807) is 13.1 Å². The van der Waals surface area contributed by atoms with E-state index in [0.717, 1.165) is 42.9 Å². The van der Waals surface area contributed by atoms with E-state index >= 15 is 0 Å². The summed E-state index contributed by atoms with van der Waals surface area (Å²) in [5.74, 6) is 6.49. The first-order valence-corrected chi connectivity index (χ1v) is 13.2. The third kappa shape index (κ3) is 6.58. The van der Waals surface area contributed by atoms with E-state index in [4.69, 9.17) is 10.6 Å². The van der Waals surface area contributed by atoms with E-state index in [2.05, 4.69) is 25.0 Å². The normalized spacial score (nSPS) is 20.8. The summed E-state index contributed by atoms with van der Waals surface area (Å²) in [6.45, 7) is 3.85. The van der Waals surface area contributed by atoms with E-state index in [0.29, 0.717) is 30.3 Å². The van der Waals surface area contributed by atoms with Crippen LogP contribution in [-0.2, 0) is 29.0 Å². The first-order valence-electron chi connectivity index (χ1n) is 11.4. The molecule has 4 heterocycles. The standard InChI is InChI=1S/C23H27F3N6O3S/c1-15(31-27)20(30-19-2-3-21(28-10-19)23(24,25)26)13-35-22-8-17-4-6-32(12-18(17)9-29-22)11-16-5-7-36(33,34)14-16/h2-3,8-10,16H,4-7,11-14,27H2,1H3/b30-20?,31-15-. The van der Waals surface area contributed by atoms with Crippen LogP contribution in [0.25, 0.3) is 0 Å². The quantitative estimate of drug-likeness (QED) is 0.336. The SMILES string of the molecule is C/C(=N/N)C(COc1cc2c(cn1)CN(CC1CCS(=O)(=O)C1)CC2)=Nc1ccc(C(F)(F)F)nc1. The topological polar surface area (TPSA) is 123 Å². The lowest BCUT2D eigenvalue weighted by molar-refractivity contribution is -0.141. The molecule has 1 fully saturated rings. The predicted molar refractivity (Wildman–Crippen MR) is 129 cm³/mol. The van der Waals surface area contributed by atoms with Crippen molar-refractivity contribution in [3.63, 3.8) is 0 Å². The molecule has 0 bridgehead atoms. The number of nitrogens with two attached hydrogens (primary N) is 1. The average molecular weight is 525 g/mol. The number of hydrazone groups is 1. The molecule has 194 valence electrons. The number of rotatable bonds is 7. The Balaban J connectivity index is 1.40. The van der Waals surface area contributed by atoms with Gasteiger partial charge in [0.25, 0.3) is 0 Å². The molecular formula is C23H27F3N6O3S. The van der Waals surface area contributed by atoms with Gasteiger partial charge in [-0.3, -0.25) is 4.90 Å². The monoisotopic (exact) mass is 524 g/mol. The second-order valence-corrected chi connectivity index (χ2v) is 11.2. The summed E-state index contributed by atoms with van der Waals surface area (Å²) in [7, 11) is -2.89. The lowest BCUT2D eigenvalue weighted by Gasteiger charge is -2.30. The van der Waals surface area contributed by atoms with Gasteiger partial charge in [0, 0.05) is 31.9 Å². The number of nitrogens with zero attached hydrogens (tertiary/aromatic N) is 5. The molecule has 2 aromatic heterocycles. The molecule has 1 atom stereocenters. The zero-order chi connectivity index (χ0) is 25.9. The van der Waals surface area contributed by atoms with Crippen LogP contribution in [0.1, 0.15) is 30.2 Å². The van der Waals surface area contributed by atoms with Crippen LogP contribution in [0.15, 0.2) is 40.7 Å². The molecule has 0 saturated carbocycles. The molecule has 1 saturated heterocycles. The number of alkyl halides is 3. The molecule has 4 rings (SSSR count). The van der Waals surface area contributed by atoms with Gasteiger partial charge < -0.3 is 10.6 Å². The summed E-state index contributed by atoms with van der Waals surface area (Å²) in [6.07, 6.45) is -0.252. The van der Waals surface area contributed by atoms with E-state index in [1.165, 1.54) is 6.07 Å². The van der Waals surface area contributed by atoms with Crippen LogP contribution in [0.3, 0.4) is 0 Å². The number of hydrogen-bond acceptors (Lipinski definition) is 9. The number of aromatic nitrogens is 2. The molecule has 0 amide bonds. The zero-order valence-electron chi connectivity index (χ0n) is 19.7. The Hall–Kier alpha value is -3.06. The summed E-state index contributed by atoms with van der Waals surface area (Å²) < 4.78 is 67.5. The third-order valence-corrected chi connectivity index (χ3v) is 8.10. The fourth-order valence-corrected chi connectivity index (χ4v) is 6.15. The highest BCUT2D eigenvalue weighted by Gasteiger charge is 2.32. The Morgan fingerprint density at radius 1 is 1.25 bits per heavy atom. The molecule has 2 aromatic rings. The molecule has 0 radical (unpaired) electrons. The minimum absolute atomic E-state index is 0.0401. The Bertz CT molecular complexity index is 1260. The van der Waals surface area contributed by atoms with E-state index in [1.807, 2.05) is 6.07 Å². The van der Waals surface area contributed by atoms with Crippen molar-refractivity contribution < 1.29 is 26.3 Å². The molecule has 0 aromatic carbocycles. The third-order valence-electron chi connectivity index (χ3n) is 6.26. The van der Waals surface area contributed by atoms with Crippen LogP contribution in [0.4, 0.5) is 18.9 Å². The molecule has 2 aliphatic heterocycles. The fraction of sp³-hybridized carbons (Fsp3) is 0.478. The fourth-order valence-electron chi connectivity index (χ4n) is 4.30. The van der Waals surface area contributed by atoms with Crippen LogP contribution in [0, 0.1) is 5.92 Å². The first kappa shape index (κ1) is 26.0. The lowest BCUT2D eigenvalue weighted by atomic mass is 10.0. The summed E-state index contributed by atoms with van der Waals surface area (Å²) in [5, 5.41) is 3.63. The van der Waals surface area contributed by atoms with Gasteiger partial charge in [-0.1, -0.05) is 0 Å². The van der Waals surface area contributed by atoms with Crippen LogP contribution >= 0.6 is 0 Å². The summed E-state index contributed by atoms with van der Waals surface area (Å²) in [4.78, 5) is 14.3. The minimum Gasteiger partial charge on any atom is -0.471 e. The molecule has 1 unspecified atom stereocenters. The molecular weight excluding hydrogens is 497 g/mol. The number of pyridine rings is 2. The smallest absolute Gasteiger partial charge is 0.433 e. The number of aliphatic imine (C=N–C) groups is 1. The van der Waals surface area contributed by atoms with Gasteiger partial charge in [-0.25, -0.2) is 23.4 Å². The van der Waals surface area contributed by atoms with Crippen LogP contribution in [0.2, 0.25) is 0 Å². The van der Waals surface area contributed by atoms with Crippen molar-refractivity contribution in [2.75, 3.05) is 31.2 Å². The molecule has 13 heteroatoms. The average Bonchev–Trinajstić information content (AvgIpc) is 3.18. The minimum atomic E-state index is -4.53. The molecule has 9 nitrogen and oxygen atoms in total. The second kappa shape index (κ2) is 10.5. The maximum atomic E-state index is 12.7. The molecule has 0 spiro atoms. The highest BCUT2D eigenvalue weighted by atomic mass is 32.2. The van der Waals surface area contributed by atoms with Gasteiger partial charge in [0.15, 0.2) is 9.84 Å². The lowest BCUT2D eigenvalue weighted by Crippen LogP contribution is -2.35. The van der Waals surface area contributed by atoms with E-state index in [9.17, 15) is 21.6 Å². The second-order valence-electron chi connectivity index (χ2n) is 9.01. The Morgan fingerprint density at radius 2 is 2.06 bits per heavy atom. The summed E-state index contributed by atoms with van der Waals surface area (Å²) in [6, 6.07) is 3.93. The van der Waals surface area contributed by atoms with Gasteiger partial charge in [-0.15, -0.1) is 0 Å². The van der Waals surface area contributed by atoms with Crippen LogP contribution < -0.4 is 10.6 Å². The first-order chi connectivity index (χ1) is 17.0. The highest BCUT2D eigenvalue weighted by Crippen LogP contribution is 2.28. The summed E-state index contributed by atoms with van der Waals surface area (Å²) >= 11 is 0. The van der Waals surface area contributed by atoms with Gasteiger partial charge in [0.1, 0.15) is 18.0 Å². The maximum absolute atomic E-state index is 12.7. The number of sulfone groups is 1. The van der Waals surface area contributed by atoms with Crippen molar-refractivity contribution in [3.8, 4) is 5.88 Å². The number of ether oxygens (including phenoxy) is 1. The van der Waals surface area contributed by atoms with Gasteiger partial charge in [0.2, 0.25) is 5.88 Å².